The largest absolute Gasteiger partial charge is 0.466 e. The molecule has 1 aromatic rings. The summed E-state index contributed by atoms with van der Waals surface area (Å²) in [6.45, 7) is 2.10. The van der Waals surface area contributed by atoms with Gasteiger partial charge in [-0.15, -0.1) is 0 Å². The summed E-state index contributed by atoms with van der Waals surface area (Å²) in [7, 11) is 0. The Kier molecular flexibility index (Phi) is 9.57. The maximum absolute atomic E-state index is 13.0. The quantitative estimate of drug-likeness (QED) is 0.554. The molecule has 2 aliphatic carbocycles. The average molecular weight is 443 g/mol. The first-order chi connectivity index (χ1) is 15.5. The van der Waals surface area contributed by atoms with E-state index in [1.165, 1.54) is 32.1 Å². The zero-order valence-electron chi connectivity index (χ0n) is 19.3. The highest BCUT2D eigenvalue weighted by Crippen LogP contribution is 2.28. The molecular weight excluding hydrogens is 404 g/mol. The van der Waals surface area contributed by atoms with E-state index >= 15 is 0 Å². The molecule has 2 amide bonds. The van der Waals surface area contributed by atoms with E-state index in [1.54, 1.807) is 6.92 Å². The molecule has 2 saturated carbocycles. The Morgan fingerprint density at radius 2 is 1.66 bits per heavy atom. The first-order valence-electron chi connectivity index (χ1n) is 12.4. The highest BCUT2D eigenvalue weighted by Gasteiger charge is 2.30. The van der Waals surface area contributed by atoms with Gasteiger partial charge in [0.1, 0.15) is 0 Å². The highest BCUT2D eigenvalue weighted by atomic mass is 16.5. The minimum atomic E-state index is -0.393. The monoisotopic (exact) mass is 442 g/mol. The molecule has 0 spiro atoms. The Morgan fingerprint density at radius 1 is 0.969 bits per heavy atom. The Hall–Kier alpha value is -2.37. The lowest BCUT2D eigenvalue weighted by molar-refractivity contribution is -0.144. The van der Waals surface area contributed by atoms with Gasteiger partial charge in [0, 0.05) is 18.4 Å². The second-order valence-corrected chi connectivity index (χ2v) is 9.31. The fourth-order valence-corrected chi connectivity index (χ4v) is 5.05. The standard InChI is InChI=1S/C26H38N2O4/c1-2-32-25(30)18-23(20-11-7-4-8-12-20)28-26(31)21-13-15-22(16-14-21)27-24(29)17-19-9-5-3-6-10-19/h4,7-8,11-12,19,21-23H,2-3,5-6,9-10,13-18H2,1H3,(H,27,29)(H,28,31). The molecule has 1 unspecified atom stereocenters. The first-order valence-corrected chi connectivity index (χ1v) is 12.4. The van der Waals surface area contributed by atoms with Crippen molar-refractivity contribution in [2.75, 3.05) is 6.61 Å². The second kappa shape index (κ2) is 12.6. The number of hydrogen-bond acceptors (Lipinski definition) is 4. The van der Waals surface area contributed by atoms with Crippen molar-refractivity contribution in [3.8, 4) is 0 Å². The first kappa shape index (κ1) is 24.3. The predicted octanol–water partition coefficient (Wildman–Crippen LogP) is 4.44. The van der Waals surface area contributed by atoms with E-state index in [1.807, 2.05) is 30.3 Å². The fraction of sp³-hybridized carbons (Fsp3) is 0.654. The van der Waals surface area contributed by atoms with Crippen molar-refractivity contribution in [3.63, 3.8) is 0 Å². The van der Waals surface area contributed by atoms with Crippen molar-refractivity contribution in [1.29, 1.82) is 0 Å². The topological polar surface area (TPSA) is 84.5 Å². The molecule has 1 aromatic carbocycles. The number of rotatable bonds is 9. The molecule has 0 radical (unpaired) electrons. The van der Waals surface area contributed by atoms with Crippen molar-refractivity contribution in [2.45, 2.75) is 89.6 Å². The lowest BCUT2D eigenvalue weighted by Crippen LogP contribution is -2.42. The van der Waals surface area contributed by atoms with E-state index in [2.05, 4.69) is 10.6 Å². The zero-order chi connectivity index (χ0) is 22.8. The maximum atomic E-state index is 13.0. The number of benzene rings is 1. The molecule has 0 saturated heterocycles. The van der Waals surface area contributed by atoms with E-state index in [9.17, 15) is 14.4 Å². The number of carbonyl (C=O) groups is 3. The van der Waals surface area contributed by atoms with Crippen LogP contribution in [0.15, 0.2) is 30.3 Å². The van der Waals surface area contributed by atoms with Gasteiger partial charge in [-0.3, -0.25) is 14.4 Å². The third-order valence-corrected chi connectivity index (χ3v) is 6.86. The van der Waals surface area contributed by atoms with E-state index < -0.39 is 6.04 Å². The Morgan fingerprint density at radius 3 is 2.31 bits per heavy atom. The van der Waals surface area contributed by atoms with Crippen molar-refractivity contribution in [2.24, 2.45) is 11.8 Å². The highest BCUT2D eigenvalue weighted by molar-refractivity contribution is 5.80. The van der Waals surface area contributed by atoms with Crippen LogP contribution in [-0.4, -0.2) is 30.4 Å². The average Bonchev–Trinajstić information content (AvgIpc) is 2.80. The van der Waals surface area contributed by atoms with E-state index in [-0.39, 0.29) is 36.2 Å². The van der Waals surface area contributed by atoms with Gasteiger partial charge in [0.2, 0.25) is 11.8 Å². The van der Waals surface area contributed by atoms with Crippen LogP contribution in [0.1, 0.15) is 89.2 Å². The normalized spacial score (nSPS) is 22.5. The van der Waals surface area contributed by atoms with Gasteiger partial charge >= 0.3 is 5.97 Å². The number of amides is 2. The maximum Gasteiger partial charge on any atom is 0.308 e. The van der Waals surface area contributed by atoms with Crippen LogP contribution in [0.2, 0.25) is 0 Å². The van der Waals surface area contributed by atoms with Crippen LogP contribution in [0.3, 0.4) is 0 Å². The third-order valence-electron chi connectivity index (χ3n) is 6.86. The molecule has 6 nitrogen and oxygen atoms in total. The van der Waals surface area contributed by atoms with Gasteiger partial charge in [0.25, 0.3) is 0 Å². The summed E-state index contributed by atoms with van der Waals surface area (Å²) >= 11 is 0. The fourth-order valence-electron chi connectivity index (χ4n) is 5.05. The van der Waals surface area contributed by atoms with Gasteiger partial charge in [-0.25, -0.2) is 0 Å². The molecule has 0 bridgehead atoms. The van der Waals surface area contributed by atoms with E-state index in [4.69, 9.17) is 4.74 Å². The summed E-state index contributed by atoms with van der Waals surface area (Å²) in [6.07, 6.45) is 10.1. The number of nitrogens with one attached hydrogen (secondary N) is 2. The summed E-state index contributed by atoms with van der Waals surface area (Å²) in [5, 5.41) is 6.28. The summed E-state index contributed by atoms with van der Waals surface area (Å²) in [5.41, 5.74) is 0.901. The van der Waals surface area contributed by atoms with Crippen LogP contribution >= 0.6 is 0 Å². The molecule has 3 rings (SSSR count). The van der Waals surface area contributed by atoms with Gasteiger partial charge in [-0.05, 0) is 56.9 Å². The molecule has 0 aliphatic heterocycles. The molecule has 6 heteroatoms. The molecule has 1 atom stereocenters. The van der Waals surface area contributed by atoms with Gasteiger partial charge in [0.15, 0.2) is 0 Å². The predicted molar refractivity (Wildman–Crippen MR) is 124 cm³/mol. The van der Waals surface area contributed by atoms with Crippen molar-refractivity contribution in [3.05, 3.63) is 35.9 Å². The minimum absolute atomic E-state index is 0.0184. The number of esters is 1. The van der Waals surface area contributed by atoms with E-state index in [0.717, 1.165) is 31.2 Å². The smallest absolute Gasteiger partial charge is 0.308 e. The number of hydrogen-bond donors (Lipinski definition) is 2. The Labute approximate surface area is 191 Å². The summed E-state index contributed by atoms with van der Waals surface area (Å²) in [4.78, 5) is 37.4. The number of carbonyl (C=O) groups excluding carboxylic acids is 3. The summed E-state index contributed by atoms with van der Waals surface area (Å²) < 4.78 is 5.10. The van der Waals surface area contributed by atoms with Gasteiger partial charge in [-0.2, -0.15) is 0 Å². The molecule has 2 aliphatic rings. The number of ether oxygens (including phenoxy) is 1. The minimum Gasteiger partial charge on any atom is -0.466 e. The van der Waals surface area contributed by atoms with Crippen LogP contribution in [0, 0.1) is 11.8 Å². The van der Waals surface area contributed by atoms with Crippen LogP contribution in [-0.2, 0) is 19.1 Å². The molecular formula is C26H38N2O4. The van der Waals surface area contributed by atoms with Gasteiger partial charge < -0.3 is 15.4 Å². The molecule has 2 N–H and O–H groups in total. The second-order valence-electron chi connectivity index (χ2n) is 9.31. The Balaban J connectivity index is 1.46. The van der Waals surface area contributed by atoms with Gasteiger partial charge in [-0.1, -0.05) is 49.6 Å². The molecule has 176 valence electrons. The van der Waals surface area contributed by atoms with Crippen molar-refractivity contribution >= 4 is 17.8 Å². The summed E-state index contributed by atoms with van der Waals surface area (Å²) in [5.74, 6) is 0.291. The van der Waals surface area contributed by atoms with Crippen molar-refractivity contribution < 1.29 is 19.1 Å². The summed E-state index contributed by atoms with van der Waals surface area (Å²) in [6, 6.07) is 9.33. The SMILES string of the molecule is CCOC(=O)CC(NC(=O)C1CCC(NC(=O)CC2CCCCC2)CC1)c1ccccc1. The van der Waals surface area contributed by atoms with Crippen molar-refractivity contribution in [1.82, 2.24) is 10.6 Å². The van der Waals surface area contributed by atoms with Crippen LogP contribution in [0.5, 0.6) is 0 Å². The molecule has 32 heavy (non-hydrogen) atoms. The van der Waals surface area contributed by atoms with E-state index in [0.29, 0.717) is 18.9 Å². The molecule has 0 heterocycles. The van der Waals surface area contributed by atoms with Crippen LogP contribution in [0.4, 0.5) is 0 Å². The zero-order valence-corrected chi connectivity index (χ0v) is 19.3. The molecule has 2 fully saturated rings. The lowest BCUT2D eigenvalue weighted by atomic mass is 9.84. The third kappa shape index (κ3) is 7.64. The van der Waals surface area contributed by atoms with Crippen LogP contribution < -0.4 is 10.6 Å². The van der Waals surface area contributed by atoms with Crippen LogP contribution in [0.25, 0.3) is 0 Å². The molecule has 0 aromatic heterocycles. The lowest BCUT2D eigenvalue weighted by Gasteiger charge is -2.30. The van der Waals surface area contributed by atoms with Gasteiger partial charge in [0.05, 0.1) is 19.1 Å². The Bertz CT molecular complexity index is 737.